The van der Waals surface area contributed by atoms with E-state index in [-0.39, 0.29) is 5.91 Å². The summed E-state index contributed by atoms with van der Waals surface area (Å²) in [4.78, 5) is 17.8. The van der Waals surface area contributed by atoms with Gasteiger partial charge in [-0.05, 0) is 31.0 Å². The molecule has 0 radical (unpaired) electrons. The molecule has 1 unspecified atom stereocenters. The summed E-state index contributed by atoms with van der Waals surface area (Å²) < 4.78 is 0. The highest BCUT2D eigenvalue weighted by Gasteiger charge is 2.28. The number of carbonyl (C=O) groups excluding carboxylic acids is 1. The average Bonchev–Trinajstić information content (AvgIpc) is 2.63. The van der Waals surface area contributed by atoms with E-state index in [1.165, 1.54) is 0 Å². The molecule has 1 aliphatic rings. The van der Waals surface area contributed by atoms with Gasteiger partial charge in [0, 0.05) is 31.4 Å². The summed E-state index contributed by atoms with van der Waals surface area (Å²) in [6.07, 6.45) is 2.42. The molecular weight excluding hydrogens is 202 g/mol. The van der Waals surface area contributed by atoms with Crippen LogP contribution in [0.5, 0.6) is 0 Å². The Labute approximate surface area is 95.5 Å². The molecule has 2 N–H and O–H groups in total. The van der Waals surface area contributed by atoms with E-state index >= 15 is 0 Å². The van der Waals surface area contributed by atoms with Gasteiger partial charge in [0.15, 0.2) is 0 Å². The van der Waals surface area contributed by atoms with Gasteiger partial charge in [-0.2, -0.15) is 0 Å². The third-order valence-corrected chi connectivity index (χ3v) is 2.97. The number of hydrogen-bond donors (Lipinski definition) is 1. The third-order valence-electron chi connectivity index (χ3n) is 2.97. The van der Waals surface area contributed by atoms with Crippen LogP contribution in [0, 0.1) is 12.8 Å². The van der Waals surface area contributed by atoms with Crippen LogP contribution in [0.2, 0.25) is 0 Å². The van der Waals surface area contributed by atoms with Gasteiger partial charge in [0.2, 0.25) is 5.91 Å². The lowest BCUT2D eigenvalue weighted by atomic mass is 10.1. The highest BCUT2D eigenvalue weighted by atomic mass is 16.2. The van der Waals surface area contributed by atoms with Crippen molar-refractivity contribution in [3.63, 3.8) is 0 Å². The summed E-state index contributed by atoms with van der Waals surface area (Å²) in [6, 6.07) is 3.99. The summed E-state index contributed by atoms with van der Waals surface area (Å²) in [5.74, 6) is 0.530. The third kappa shape index (κ3) is 2.39. The van der Waals surface area contributed by atoms with Gasteiger partial charge in [-0.1, -0.05) is 6.07 Å². The normalized spacial score (nSPS) is 20.5. The molecular formula is C12H17N3O. The molecule has 0 saturated carbocycles. The molecule has 16 heavy (non-hydrogen) atoms. The molecule has 1 aromatic heterocycles. The van der Waals surface area contributed by atoms with E-state index in [9.17, 15) is 4.79 Å². The van der Waals surface area contributed by atoms with Crippen molar-refractivity contribution in [2.45, 2.75) is 19.9 Å². The monoisotopic (exact) mass is 219 g/mol. The minimum Gasteiger partial charge on any atom is -0.338 e. The molecule has 1 saturated heterocycles. The Morgan fingerprint density at radius 1 is 1.56 bits per heavy atom. The Bertz CT molecular complexity index is 374. The van der Waals surface area contributed by atoms with Gasteiger partial charge in [-0.25, -0.2) is 0 Å². The molecule has 2 rings (SSSR count). The van der Waals surface area contributed by atoms with Gasteiger partial charge < -0.3 is 10.6 Å². The summed E-state index contributed by atoms with van der Waals surface area (Å²) >= 11 is 0. The first kappa shape index (κ1) is 11.1. The Morgan fingerprint density at radius 2 is 2.38 bits per heavy atom. The molecule has 1 aliphatic heterocycles. The van der Waals surface area contributed by atoms with Gasteiger partial charge in [-0.3, -0.25) is 9.78 Å². The van der Waals surface area contributed by atoms with Crippen molar-refractivity contribution in [3.05, 3.63) is 29.6 Å². The molecule has 1 fully saturated rings. The zero-order chi connectivity index (χ0) is 11.5. The number of aromatic nitrogens is 1. The number of pyridine rings is 1. The Kier molecular flexibility index (Phi) is 3.19. The van der Waals surface area contributed by atoms with Gasteiger partial charge >= 0.3 is 0 Å². The SMILES string of the molecule is Cc1ccc(CN2CC(CN)CC2=O)cn1. The zero-order valence-corrected chi connectivity index (χ0v) is 9.52. The largest absolute Gasteiger partial charge is 0.338 e. The number of amides is 1. The molecule has 0 aromatic carbocycles. The zero-order valence-electron chi connectivity index (χ0n) is 9.52. The molecule has 1 aromatic rings. The van der Waals surface area contributed by atoms with E-state index < -0.39 is 0 Å². The predicted molar refractivity (Wildman–Crippen MR) is 61.6 cm³/mol. The van der Waals surface area contributed by atoms with Crippen molar-refractivity contribution in [2.75, 3.05) is 13.1 Å². The maximum absolute atomic E-state index is 11.7. The summed E-state index contributed by atoms with van der Waals surface area (Å²) in [7, 11) is 0. The second-order valence-corrected chi connectivity index (χ2v) is 4.39. The number of carbonyl (C=O) groups is 1. The summed E-state index contributed by atoms with van der Waals surface area (Å²) in [5, 5.41) is 0. The number of rotatable bonds is 3. The van der Waals surface area contributed by atoms with Gasteiger partial charge in [0.1, 0.15) is 0 Å². The average molecular weight is 219 g/mol. The molecule has 4 heteroatoms. The fourth-order valence-electron chi connectivity index (χ4n) is 1.98. The fraction of sp³-hybridized carbons (Fsp3) is 0.500. The van der Waals surface area contributed by atoms with Crippen molar-refractivity contribution in [1.82, 2.24) is 9.88 Å². The molecule has 1 atom stereocenters. The highest BCUT2D eigenvalue weighted by molar-refractivity contribution is 5.78. The Hall–Kier alpha value is -1.42. The van der Waals surface area contributed by atoms with Crippen LogP contribution in [0.15, 0.2) is 18.3 Å². The minimum absolute atomic E-state index is 0.205. The van der Waals surface area contributed by atoms with E-state index in [4.69, 9.17) is 5.73 Å². The lowest BCUT2D eigenvalue weighted by molar-refractivity contribution is -0.128. The number of hydrogen-bond acceptors (Lipinski definition) is 3. The van der Waals surface area contributed by atoms with Crippen LogP contribution in [-0.4, -0.2) is 28.9 Å². The van der Waals surface area contributed by atoms with Crippen LogP contribution in [-0.2, 0) is 11.3 Å². The summed E-state index contributed by atoms with van der Waals surface area (Å²) in [6.45, 7) is 3.98. The fourth-order valence-corrected chi connectivity index (χ4v) is 1.98. The lowest BCUT2D eigenvalue weighted by Crippen LogP contribution is -2.25. The van der Waals surface area contributed by atoms with Crippen LogP contribution in [0.1, 0.15) is 17.7 Å². The lowest BCUT2D eigenvalue weighted by Gasteiger charge is -2.16. The van der Waals surface area contributed by atoms with Crippen molar-refractivity contribution in [1.29, 1.82) is 0 Å². The number of nitrogens with zero attached hydrogens (tertiary/aromatic N) is 2. The van der Waals surface area contributed by atoms with Crippen LogP contribution in [0.3, 0.4) is 0 Å². The second-order valence-electron chi connectivity index (χ2n) is 4.39. The first-order chi connectivity index (χ1) is 7.69. The standard InChI is InChI=1S/C12H17N3O/c1-9-2-3-10(6-14-9)7-15-8-11(5-13)4-12(15)16/h2-3,6,11H,4-5,7-8,13H2,1H3. The van der Waals surface area contributed by atoms with Crippen LogP contribution in [0.25, 0.3) is 0 Å². The smallest absolute Gasteiger partial charge is 0.223 e. The van der Waals surface area contributed by atoms with Gasteiger partial charge in [-0.15, -0.1) is 0 Å². The Balaban J connectivity index is 2.00. The van der Waals surface area contributed by atoms with Crippen molar-refractivity contribution in [2.24, 2.45) is 11.7 Å². The molecule has 1 amide bonds. The van der Waals surface area contributed by atoms with Gasteiger partial charge in [0.25, 0.3) is 0 Å². The number of aryl methyl sites for hydroxylation is 1. The molecule has 4 nitrogen and oxygen atoms in total. The first-order valence-corrected chi connectivity index (χ1v) is 5.58. The molecule has 0 bridgehead atoms. The quantitative estimate of drug-likeness (QED) is 0.814. The van der Waals surface area contributed by atoms with Gasteiger partial charge in [0.05, 0.1) is 0 Å². The molecule has 0 spiro atoms. The van der Waals surface area contributed by atoms with Crippen LogP contribution < -0.4 is 5.73 Å². The van der Waals surface area contributed by atoms with Crippen molar-refractivity contribution in [3.8, 4) is 0 Å². The topological polar surface area (TPSA) is 59.2 Å². The predicted octanol–water partition coefficient (Wildman–Crippen LogP) is 0.697. The van der Waals surface area contributed by atoms with Crippen molar-refractivity contribution < 1.29 is 4.79 Å². The van der Waals surface area contributed by atoms with Crippen molar-refractivity contribution >= 4 is 5.91 Å². The van der Waals surface area contributed by atoms with Crippen LogP contribution >= 0.6 is 0 Å². The highest BCUT2D eigenvalue weighted by Crippen LogP contribution is 2.18. The van der Waals surface area contributed by atoms with E-state index in [0.29, 0.717) is 25.4 Å². The molecule has 86 valence electrons. The van der Waals surface area contributed by atoms with E-state index in [1.54, 1.807) is 0 Å². The number of nitrogens with two attached hydrogens (primary N) is 1. The van der Waals surface area contributed by atoms with Crippen LogP contribution in [0.4, 0.5) is 0 Å². The summed E-state index contributed by atoms with van der Waals surface area (Å²) in [5.41, 5.74) is 7.66. The maximum Gasteiger partial charge on any atom is 0.223 e. The molecule has 2 heterocycles. The maximum atomic E-state index is 11.7. The number of likely N-dealkylation sites (tertiary alicyclic amines) is 1. The van der Waals surface area contributed by atoms with E-state index in [2.05, 4.69) is 4.98 Å². The molecule has 0 aliphatic carbocycles. The first-order valence-electron chi connectivity index (χ1n) is 5.58. The minimum atomic E-state index is 0.205. The Morgan fingerprint density at radius 3 is 2.94 bits per heavy atom. The van der Waals surface area contributed by atoms with E-state index in [0.717, 1.165) is 17.8 Å². The van der Waals surface area contributed by atoms with E-state index in [1.807, 2.05) is 30.2 Å². The second kappa shape index (κ2) is 4.61.